The lowest BCUT2D eigenvalue weighted by Crippen LogP contribution is -2.26. The van der Waals surface area contributed by atoms with Crippen molar-refractivity contribution in [3.63, 3.8) is 0 Å². The van der Waals surface area contributed by atoms with E-state index in [0.717, 1.165) is 24.5 Å². The van der Waals surface area contributed by atoms with E-state index in [2.05, 4.69) is 4.98 Å². The molecule has 1 fully saturated rings. The van der Waals surface area contributed by atoms with Crippen LogP contribution in [0.2, 0.25) is 0 Å². The highest BCUT2D eigenvalue weighted by Gasteiger charge is 2.41. The third-order valence-corrected chi connectivity index (χ3v) is 7.24. The number of halogens is 4. The topological polar surface area (TPSA) is 66.9 Å². The van der Waals surface area contributed by atoms with Gasteiger partial charge >= 0.3 is 12.1 Å². The molecule has 0 amide bonds. The van der Waals surface area contributed by atoms with Gasteiger partial charge in [-0.2, -0.15) is 13.2 Å². The van der Waals surface area contributed by atoms with Crippen LogP contribution >= 0.6 is 0 Å². The van der Waals surface area contributed by atoms with Crippen molar-refractivity contribution in [2.75, 3.05) is 20.8 Å². The molecule has 10 heteroatoms. The van der Waals surface area contributed by atoms with Gasteiger partial charge in [-0.15, -0.1) is 0 Å². The Morgan fingerprint density at radius 1 is 1.05 bits per heavy atom. The molecule has 2 aromatic carbocycles. The van der Waals surface area contributed by atoms with Crippen LogP contribution in [0, 0.1) is 17.7 Å². The average Bonchev–Trinajstić information content (AvgIpc) is 3.77. The molecule has 0 spiro atoms. The van der Waals surface area contributed by atoms with E-state index < -0.39 is 29.7 Å². The monoisotopic (exact) mass is 545 g/mol. The van der Waals surface area contributed by atoms with Crippen molar-refractivity contribution in [2.45, 2.75) is 38.0 Å². The van der Waals surface area contributed by atoms with E-state index in [0.29, 0.717) is 11.7 Å². The highest BCUT2D eigenvalue weighted by molar-refractivity contribution is 5.73. The standard InChI is InChI=1S/C29H27F4NO5/c1-15(28(35)37-3)26(16-4-5-16)17-6-11-23-24(12-17)39-25(14-38-23)19-8-10-22(34-27(19)29(31,32)33)20-13-18(36-2)7-9-21(20)30/h6-13,15-16,25-26H,4-5,14H2,1-3H3/t15-,25-,26-/m0/s1. The van der Waals surface area contributed by atoms with E-state index in [1.165, 1.54) is 38.5 Å². The number of esters is 1. The first kappa shape index (κ1) is 26.8. The fourth-order valence-electron chi connectivity index (χ4n) is 5.14. The predicted molar refractivity (Wildman–Crippen MR) is 133 cm³/mol. The largest absolute Gasteiger partial charge is 0.497 e. The number of fused-ring (bicyclic) bond motifs is 1. The normalized spacial score (nSPS) is 18.3. The summed E-state index contributed by atoms with van der Waals surface area (Å²) in [4.78, 5) is 16.1. The van der Waals surface area contributed by atoms with Gasteiger partial charge in [-0.3, -0.25) is 4.79 Å². The Morgan fingerprint density at radius 3 is 2.49 bits per heavy atom. The molecule has 2 heterocycles. The molecular weight excluding hydrogens is 518 g/mol. The van der Waals surface area contributed by atoms with Crippen molar-refractivity contribution < 1.29 is 41.3 Å². The minimum atomic E-state index is -4.83. The Bertz CT molecular complexity index is 1390. The third kappa shape index (κ3) is 5.37. The molecular formula is C29H27F4NO5. The summed E-state index contributed by atoms with van der Waals surface area (Å²) in [7, 11) is 2.72. The van der Waals surface area contributed by atoms with Crippen LogP contribution < -0.4 is 14.2 Å². The SMILES string of the molecule is COC(=O)[C@@H](C)[C@H](c1ccc2c(c1)O[C@H](c1ccc(-c3cc(OC)ccc3F)nc1C(F)(F)F)CO2)C1CC1. The maximum atomic E-state index is 14.5. The Labute approximate surface area is 222 Å². The lowest BCUT2D eigenvalue weighted by Gasteiger charge is -2.30. The average molecular weight is 546 g/mol. The number of rotatable bonds is 7. The van der Waals surface area contributed by atoms with E-state index >= 15 is 0 Å². The number of carbonyl (C=O) groups excluding carboxylic acids is 1. The number of carbonyl (C=O) groups is 1. The van der Waals surface area contributed by atoms with E-state index in [9.17, 15) is 22.4 Å². The molecule has 0 radical (unpaired) electrons. The molecule has 1 aliphatic heterocycles. The van der Waals surface area contributed by atoms with Crippen LogP contribution in [-0.2, 0) is 15.7 Å². The highest BCUT2D eigenvalue weighted by Crippen LogP contribution is 2.49. The van der Waals surface area contributed by atoms with Crippen molar-refractivity contribution in [1.82, 2.24) is 4.98 Å². The first-order valence-corrected chi connectivity index (χ1v) is 12.5. The van der Waals surface area contributed by atoms with Crippen LogP contribution in [0.25, 0.3) is 11.3 Å². The predicted octanol–water partition coefficient (Wildman–Crippen LogP) is 6.73. The van der Waals surface area contributed by atoms with Crippen LogP contribution in [0.1, 0.15) is 48.6 Å². The summed E-state index contributed by atoms with van der Waals surface area (Å²) in [5, 5.41) is 0. The van der Waals surface area contributed by atoms with Crippen LogP contribution in [0.5, 0.6) is 17.2 Å². The third-order valence-electron chi connectivity index (χ3n) is 7.24. The van der Waals surface area contributed by atoms with Crippen molar-refractivity contribution >= 4 is 5.97 Å². The molecule has 206 valence electrons. The van der Waals surface area contributed by atoms with E-state index in [4.69, 9.17) is 18.9 Å². The number of hydrogen-bond donors (Lipinski definition) is 0. The quantitative estimate of drug-likeness (QED) is 0.242. The molecule has 2 aliphatic rings. The summed E-state index contributed by atoms with van der Waals surface area (Å²) >= 11 is 0. The molecule has 0 saturated heterocycles. The maximum absolute atomic E-state index is 14.5. The molecule has 3 atom stereocenters. The first-order valence-electron chi connectivity index (χ1n) is 12.5. The Balaban J connectivity index is 1.48. The molecule has 5 rings (SSSR count). The fraction of sp³-hybridized carbons (Fsp3) is 0.379. The Morgan fingerprint density at radius 2 is 1.82 bits per heavy atom. The zero-order chi connectivity index (χ0) is 27.9. The number of ether oxygens (including phenoxy) is 4. The smallest absolute Gasteiger partial charge is 0.433 e. The van der Waals surface area contributed by atoms with Crippen molar-refractivity contribution in [3.8, 4) is 28.5 Å². The van der Waals surface area contributed by atoms with Crippen LogP contribution in [-0.4, -0.2) is 31.8 Å². The van der Waals surface area contributed by atoms with Gasteiger partial charge in [0, 0.05) is 11.1 Å². The van der Waals surface area contributed by atoms with Gasteiger partial charge in [0.1, 0.15) is 18.2 Å². The summed E-state index contributed by atoms with van der Waals surface area (Å²) in [6, 6.07) is 11.6. The number of benzene rings is 2. The van der Waals surface area contributed by atoms with Gasteiger partial charge in [0.2, 0.25) is 0 Å². The zero-order valence-electron chi connectivity index (χ0n) is 21.5. The molecule has 3 aromatic rings. The van der Waals surface area contributed by atoms with E-state index in [-0.39, 0.29) is 46.8 Å². The van der Waals surface area contributed by atoms with Gasteiger partial charge in [0.15, 0.2) is 23.3 Å². The lowest BCUT2D eigenvalue weighted by molar-refractivity contribution is -0.146. The number of pyridine rings is 1. The van der Waals surface area contributed by atoms with Crippen molar-refractivity contribution in [3.05, 3.63) is 71.2 Å². The number of nitrogens with zero attached hydrogens (tertiary/aromatic N) is 1. The van der Waals surface area contributed by atoms with E-state index in [1.807, 2.05) is 13.0 Å². The molecule has 1 aliphatic carbocycles. The Hall–Kier alpha value is -3.82. The van der Waals surface area contributed by atoms with Crippen LogP contribution in [0.4, 0.5) is 17.6 Å². The van der Waals surface area contributed by atoms with Gasteiger partial charge in [0.25, 0.3) is 0 Å². The fourth-order valence-corrected chi connectivity index (χ4v) is 5.14. The molecule has 39 heavy (non-hydrogen) atoms. The summed E-state index contributed by atoms with van der Waals surface area (Å²) in [6.07, 6.45) is -3.99. The second kappa shape index (κ2) is 10.4. The molecule has 6 nitrogen and oxygen atoms in total. The van der Waals surface area contributed by atoms with Gasteiger partial charge in [-0.1, -0.05) is 19.1 Å². The molecule has 1 saturated carbocycles. The summed E-state index contributed by atoms with van der Waals surface area (Å²) in [5.74, 6) is -0.296. The lowest BCUT2D eigenvalue weighted by atomic mass is 9.83. The van der Waals surface area contributed by atoms with Gasteiger partial charge in [-0.25, -0.2) is 9.37 Å². The highest BCUT2D eigenvalue weighted by atomic mass is 19.4. The Kier molecular flexibility index (Phi) is 7.13. The summed E-state index contributed by atoms with van der Waals surface area (Å²) < 4.78 is 78.9. The first-order chi connectivity index (χ1) is 18.6. The molecule has 0 bridgehead atoms. The minimum absolute atomic E-state index is 0.115. The van der Waals surface area contributed by atoms with Gasteiger partial charge in [-0.05, 0) is 66.6 Å². The number of methoxy groups -OCH3 is 2. The van der Waals surface area contributed by atoms with Gasteiger partial charge in [0.05, 0.1) is 25.8 Å². The summed E-state index contributed by atoms with van der Waals surface area (Å²) in [5.41, 5.74) is -0.895. The van der Waals surface area contributed by atoms with Crippen molar-refractivity contribution in [2.24, 2.45) is 11.8 Å². The molecule has 1 aromatic heterocycles. The molecule has 0 unspecified atom stereocenters. The number of alkyl halides is 3. The summed E-state index contributed by atoms with van der Waals surface area (Å²) in [6.45, 7) is 1.64. The van der Waals surface area contributed by atoms with Gasteiger partial charge < -0.3 is 18.9 Å². The number of aromatic nitrogens is 1. The minimum Gasteiger partial charge on any atom is -0.497 e. The zero-order valence-corrected chi connectivity index (χ0v) is 21.5. The van der Waals surface area contributed by atoms with Crippen LogP contribution in [0.3, 0.4) is 0 Å². The van der Waals surface area contributed by atoms with E-state index in [1.54, 1.807) is 12.1 Å². The molecule has 0 N–H and O–H groups in total. The number of hydrogen-bond acceptors (Lipinski definition) is 6. The van der Waals surface area contributed by atoms with Crippen molar-refractivity contribution in [1.29, 1.82) is 0 Å². The second-order valence-corrected chi connectivity index (χ2v) is 9.78. The second-order valence-electron chi connectivity index (χ2n) is 9.78. The van der Waals surface area contributed by atoms with Crippen LogP contribution in [0.15, 0.2) is 48.5 Å². The maximum Gasteiger partial charge on any atom is 0.433 e.